The summed E-state index contributed by atoms with van der Waals surface area (Å²) in [4.78, 5) is 6.02. The van der Waals surface area contributed by atoms with Gasteiger partial charge in [-0.15, -0.1) is 11.3 Å². The van der Waals surface area contributed by atoms with Crippen LogP contribution in [0.4, 0.5) is 0 Å². The van der Waals surface area contributed by atoms with Gasteiger partial charge in [-0.2, -0.15) is 0 Å². The number of fused-ring (bicyclic) bond motifs is 1. The molecular weight excluding hydrogens is 236 g/mol. The zero-order chi connectivity index (χ0) is 10.8. The molecule has 0 amide bonds. The van der Waals surface area contributed by atoms with Crippen molar-refractivity contribution in [3.8, 4) is 0 Å². The largest absolute Gasteiger partial charge is 0.362 e. The average Bonchev–Trinajstić information content (AvgIpc) is 2.97. The van der Waals surface area contributed by atoms with Gasteiger partial charge in [0, 0.05) is 16.7 Å². The Kier molecular flexibility index (Phi) is 3.20. The highest BCUT2D eigenvalue weighted by atomic mass is 32.2. The van der Waals surface area contributed by atoms with Crippen LogP contribution >= 0.6 is 23.1 Å². The number of rotatable bonds is 2. The Morgan fingerprint density at radius 2 is 2.44 bits per heavy atom. The van der Waals surface area contributed by atoms with E-state index in [2.05, 4.69) is 27.8 Å². The summed E-state index contributed by atoms with van der Waals surface area (Å²) in [6.45, 7) is 0.838. The summed E-state index contributed by atoms with van der Waals surface area (Å²) in [7, 11) is 0. The first kappa shape index (κ1) is 10.7. The van der Waals surface area contributed by atoms with E-state index in [0.717, 1.165) is 17.6 Å². The lowest BCUT2D eigenvalue weighted by atomic mass is 10.1. The smallest absolute Gasteiger partial charge is 0.157 e. The van der Waals surface area contributed by atoms with Crippen LogP contribution in [0.15, 0.2) is 22.5 Å². The van der Waals surface area contributed by atoms with Gasteiger partial charge < -0.3 is 5.32 Å². The summed E-state index contributed by atoms with van der Waals surface area (Å²) in [5, 5.41) is 6.87. The summed E-state index contributed by atoms with van der Waals surface area (Å²) in [5.74, 6) is 2.16. The SMILES string of the molecule is c1csc(CN=C2NC3CCCC3CS2)c1. The molecule has 0 bridgehead atoms. The number of hydrogen-bond donors (Lipinski definition) is 1. The molecule has 1 N–H and O–H groups in total. The fourth-order valence-corrected chi connectivity index (χ4v) is 4.25. The lowest BCUT2D eigenvalue weighted by molar-refractivity contribution is 0.490. The molecule has 1 aliphatic heterocycles. The summed E-state index contributed by atoms with van der Waals surface area (Å²) >= 11 is 3.69. The van der Waals surface area contributed by atoms with Gasteiger partial charge in [0.2, 0.25) is 0 Å². The van der Waals surface area contributed by atoms with Crippen molar-refractivity contribution in [2.45, 2.75) is 31.8 Å². The number of amidine groups is 1. The Labute approximate surface area is 105 Å². The average molecular weight is 252 g/mol. The van der Waals surface area contributed by atoms with E-state index in [9.17, 15) is 0 Å². The quantitative estimate of drug-likeness (QED) is 0.874. The molecule has 2 nitrogen and oxygen atoms in total. The molecule has 86 valence electrons. The molecule has 2 fully saturated rings. The maximum atomic E-state index is 4.67. The summed E-state index contributed by atoms with van der Waals surface area (Å²) in [6.07, 6.45) is 4.13. The van der Waals surface area contributed by atoms with E-state index in [1.54, 1.807) is 11.3 Å². The monoisotopic (exact) mass is 252 g/mol. The van der Waals surface area contributed by atoms with E-state index in [1.165, 1.54) is 29.9 Å². The molecular formula is C12H16N2S2. The fraction of sp³-hybridized carbons (Fsp3) is 0.583. The molecule has 1 saturated heterocycles. The van der Waals surface area contributed by atoms with Crippen LogP contribution in [0.2, 0.25) is 0 Å². The zero-order valence-corrected chi connectivity index (χ0v) is 10.8. The van der Waals surface area contributed by atoms with Crippen LogP contribution in [0.5, 0.6) is 0 Å². The van der Waals surface area contributed by atoms with Gasteiger partial charge in [0.25, 0.3) is 0 Å². The van der Waals surface area contributed by atoms with Crippen molar-refractivity contribution in [3.05, 3.63) is 22.4 Å². The lowest BCUT2D eigenvalue weighted by Gasteiger charge is -2.27. The van der Waals surface area contributed by atoms with E-state index in [1.807, 2.05) is 11.8 Å². The number of thiophene rings is 1. The Morgan fingerprint density at radius 3 is 3.31 bits per heavy atom. The maximum Gasteiger partial charge on any atom is 0.157 e. The molecule has 4 heteroatoms. The van der Waals surface area contributed by atoms with Crippen LogP contribution in [-0.2, 0) is 6.54 Å². The van der Waals surface area contributed by atoms with E-state index >= 15 is 0 Å². The van der Waals surface area contributed by atoms with Crippen molar-refractivity contribution in [3.63, 3.8) is 0 Å². The highest BCUT2D eigenvalue weighted by Gasteiger charge is 2.31. The third-order valence-electron chi connectivity index (χ3n) is 3.36. The first-order valence-corrected chi connectivity index (χ1v) is 7.74. The fourth-order valence-electron chi connectivity index (χ4n) is 2.46. The summed E-state index contributed by atoms with van der Waals surface area (Å²) < 4.78 is 0. The van der Waals surface area contributed by atoms with Gasteiger partial charge >= 0.3 is 0 Å². The van der Waals surface area contributed by atoms with Crippen LogP contribution < -0.4 is 5.32 Å². The Balaban J connectivity index is 1.61. The summed E-state index contributed by atoms with van der Waals surface area (Å²) in [6, 6.07) is 4.96. The lowest BCUT2D eigenvalue weighted by Crippen LogP contribution is -2.41. The van der Waals surface area contributed by atoms with Crippen molar-refractivity contribution in [2.24, 2.45) is 10.9 Å². The van der Waals surface area contributed by atoms with Crippen molar-refractivity contribution in [1.29, 1.82) is 0 Å². The molecule has 1 aliphatic carbocycles. The highest BCUT2D eigenvalue weighted by molar-refractivity contribution is 8.13. The van der Waals surface area contributed by atoms with Crippen LogP contribution in [0, 0.1) is 5.92 Å². The number of nitrogens with one attached hydrogen (secondary N) is 1. The summed E-state index contributed by atoms with van der Waals surface area (Å²) in [5.41, 5.74) is 0. The maximum absolute atomic E-state index is 4.67. The van der Waals surface area contributed by atoms with E-state index < -0.39 is 0 Å². The molecule has 16 heavy (non-hydrogen) atoms. The first-order valence-electron chi connectivity index (χ1n) is 5.88. The Hall–Kier alpha value is -0.480. The van der Waals surface area contributed by atoms with Crippen LogP contribution in [0.1, 0.15) is 24.1 Å². The predicted molar refractivity (Wildman–Crippen MR) is 72.2 cm³/mol. The van der Waals surface area contributed by atoms with Gasteiger partial charge in [0.05, 0.1) is 6.54 Å². The van der Waals surface area contributed by atoms with Crippen molar-refractivity contribution < 1.29 is 0 Å². The molecule has 2 atom stereocenters. The second kappa shape index (κ2) is 4.80. The number of thioether (sulfide) groups is 1. The molecule has 1 saturated carbocycles. The topological polar surface area (TPSA) is 24.4 Å². The van der Waals surface area contributed by atoms with Crippen LogP contribution in [-0.4, -0.2) is 17.0 Å². The van der Waals surface area contributed by atoms with Crippen molar-refractivity contribution >= 4 is 28.3 Å². The van der Waals surface area contributed by atoms with Gasteiger partial charge in [-0.25, -0.2) is 0 Å². The molecule has 0 radical (unpaired) electrons. The van der Waals surface area contributed by atoms with Gasteiger partial charge in [-0.05, 0) is 30.2 Å². The van der Waals surface area contributed by atoms with E-state index in [0.29, 0.717) is 6.04 Å². The second-order valence-electron chi connectivity index (χ2n) is 4.45. The molecule has 2 unspecified atom stereocenters. The van der Waals surface area contributed by atoms with Gasteiger partial charge in [-0.1, -0.05) is 24.2 Å². The van der Waals surface area contributed by atoms with Crippen LogP contribution in [0.3, 0.4) is 0 Å². The number of aliphatic imine (C=N–C) groups is 1. The predicted octanol–water partition coefficient (Wildman–Crippen LogP) is 3.11. The Bertz CT molecular complexity index is 372. The molecule has 3 rings (SSSR count). The number of hydrogen-bond acceptors (Lipinski definition) is 3. The third kappa shape index (κ3) is 2.28. The molecule has 0 spiro atoms. The van der Waals surface area contributed by atoms with Crippen LogP contribution in [0.25, 0.3) is 0 Å². The zero-order valence-electron chi connectivity index (χ0n) is 9.19. The standard InChI is InChI=1S/C12H16N2S2/c1-3-9-8-16-12(14-11(9)5-1)13-7-10-4-2-6-15-10/h2,4,6,9,11H,1,3,5,7-8H2,(H,13,14). The minimum Gasteiger partial charge on any atom is -0.362 e. The minimum atomic E-state index is 0.711. The van der Waals surface area contributed by atoms with Gasteiger partial charge in [-0.3, -0.25) is 4.99 Å². The second-order valence-corrected chi connectivity index (χ2v) is 6.49. The first-order chi connectivity index (χ1) is 7.92. The molecule has 2 heterocycles. The third-order valence-corrected chi connectivity index (χ3v) is 5.34. The molecule has 1 aromatic rings. The van der Waals surface area contributed by atoms with Crippen molar-refractivity contribution in [1.82, 2.24) is 5.32 Å². The molecule has 2 aliphatic rings. The van der Waals surface area contributed by atoms with E-state index in [4.69, 9.17) is 0 Å². The minimum absolute atomic E-state index is 0.711. The molecule has 1 aromatic heterocycles. The highest BCUT2D eigenvalue weighted by Crippen LogP contribution is 2.32. The van der Waals surface area contributed by atoms with Gasteiger partial charge in [0.15, 0.2) is 5.17 Å². The van der Waals surface area contributed by atoms with Gasteiger partial charge in [0.1, 0.15) is 0 Å². The molecule has 0 aromatic carbocycles. The Morgan fingerprint density at radius 1 is 1.44 bits per heavy atom. The van der Waals surface area contributed by atoms with E-state index in [-0.39, 0.29) is 0 Å². The normalized spacial score (nSPS) is 31.4. The van der Waals surface area contributed by atoms with Crippen molar-refractivity contribution in [2.75, 3.05) is 5.75 Å². The number of nitrogens with zero attached hydrogens (tertiary/aromatic N) is 1.